The van der Waals surface area contributed by atoms with E-state index in [0.717, 1.165) is 17.1 Å². The standard InChI is InChI=1S/C20H24ClN5O2/c1-12-17(21)13(2)26-19(22-12)23-16(24-26)11-25(18(27)20(3,4)5)14-7-9-15(28-6)10-8-14/h7-10H,11H2,1-6H3. The predicted octanol–water partition coefficient (Wildman–Crippen LogP) is 3.98. The van der Waals surface area contributed by atoms with Crippen molar-refractivity contribution in [2.75, 3.05) is 12.0 Å². The van der Waals surface area contributed by atoms with Gasteiger partial charge in [-0.05, 0) is 38.1 Å². The average Bonchev–Trinajstić information content (AvgIpc) is 3.05. The van der Waals surface area contributed by atoms with E-state index in [4.69, 9.17) is 16.3 Å². The van der Waals surface area contributed by atoms with E-state index < -0.39 is 5.41 Å². The van der Waals surface area contributed by atoms with Crippen molar-refractivity contribution in [3.05, 3.63) is 46.5 Å². The average molecular weight is 402 g/mol. The molecule has 2 heterocycles. The quantitative estimate of drug-likeness (QED) is 0.661. The molecule has 0 spiro atoms. The lowest BCUT2D eigenvalue weighted by molar-refractivity contribution is -0.125. The van der Waals surface area contributed by atoms with Crippen molar-refractivity contribution in [2.45, 2.75) is 41.2 Å². The topological polar surface area (TPSA) is 72.6 Å². The summed E-state index contributed by atoms with van der Waals surface area (Å²) in [6.45, 7) is 9.58. The highest BCUT2D eigenvalue weighted by molar-refractivity contribution is 6.31. The van der Waals surface area contributed by atoms with Crippen molar-refractivity contribution in [3.63, 3.8) is 0 Å². The first-order valence-electron chi connectivity index (χ1n) is 8.96. The number of benzene rings is 1. The highest BCUT2D eigenvalue weighted by Gasteiger charge is 2.29. The molecule has 28 heavy (non-hydrogen) atoms. The molecule has 8 heteroatoms. The van der Waals surface area contributed by atoms with E-state index in [0.29, 0.717) is 22.3 Å². The van der Waals surface area contributed by atoms with Gasteiger partial charge in [0.05, 0.1) is 30.1 Å². The van der Waals surface area contributed by atoms with Crippen molar-refractivity contribution in [3.8, 4) is 5.75 Å². The second-order valence-electron chi connectivity index (χ2n) is 7.68. The lowest BCUT2D eigenvalue weighted by atomic mass is 9.94. The summed E-state index contributed by atoms with van der Waals surface area (Å²) in [5.41, 5.74) is 1.65. The Morgan fingerprint density at radius 1 is 1.18 bits per heavy atom. The molecule has 0 aliphatic heterocycles. The van der Waals surface area contributed by atoms with Crippen LogP contribution in [0.25, 0.3) is 5.78 Å². The summed E-state index contributed by atoms with van der Waals surface area (Å²) in [4.78, 5) is 23.7. The second kappa shape index (κ2) is 7.39. The van der Waals surface area contributed by atoms with Crippen LogP contribution in [0.5, 0.6) is 5.75 Å². The van der Waals surface area contributed by atoms with Crippen LogP contribution < -0.4 is 9.64 Å². The highest BCUT2D eigenvalue weighted by atomic mass is 35.5. The molecule has 0 aliphatic rings. The number of carbonyl (C=O) groups excluding carboxylic acids is 1. The Morgan fingerprint density at radius 2 is 1.82 bits per heavy atom. The third-order valence-electron chi connectivity index (χ3n) is 4.43. The predicted molar refractivity (Wildman–Crippen MR) is 109 cm³/mol. The third kappa shape index (κ3) is 3.80. The van der Waals surface area contributed by atoms with E-state index in [-0.39, 0.29) is 12.5 Å². The first-order valence-corrected chi connectivity index (χ1v) is 9.34. The van der Waals surface area contributed by atoms with Crippen LogP contribution in [0.1, 0.15) is 38.0 Å². The van der Waals surface area contributed by atoms with Gasteiger partial charge in [0.2, 0.25) is 5.91 Å². The first kappa shape index (κ1) is 20.1. The smallest absolute Gasteiger partial charge is 0.253 e. The molecule has 0 aliphatic carbocycles. The Bertz CT molecular complexity index is 1020. The molecule has 2 aromatic heterocycles. The summed E-state index contributed by atoms with van der Waals surface area (Å²) in [5.74, 6) is 1.65. The molecule has 0 radical (unpaired) electrons. The molecular formula is C20H24ClN5O2. The fraction of sp³-hybridized carbons (Fsp3) is 0.400. The number of amides is 1. The molecule has 3 rings (SSSR count). The number of ether oxygens (including phenoxy) is 1. The fourth-order valence-corrected chi connectivity index (χ4v) is 2.97. The summed E-state index contributed by atoms with van der Waals surface area (Å²) in [5, 5.41) is 5.07. The SMILES string of the molecule is COc1ccc(N(Cc2nc3nc(C)c(Cl)c(C)n3n2)C(=O)C(C)(C)C)cc1. The molecule has 0 unspecified atom stereocenters. The van der Waals surface area contributed by atoms with Gasteiger partial charge in [-0.15, -0.1) is 5.10 Å². The van der Waals surface area contributed by atoms with Gasteiger partial charge in [0.1, 0.15) is 5.75 Å². The molecule has 0 saturated carbocycles. The van der Waals surface area contributed by atoms with Crippen LogP contribution in [0.2, 0.25) is 5.02 Å². The van der Waals surface area contributed by atoms with Gasteiger partial charge in [-0.25, -0.2) is 4.98 Å². The number of anilines is 1. The summed E-state index contributed by atoms with van der Waals surface area (Å²) in [7, 11) is 1.61. The third-order valence-corrected chi connectivity index (χ3v) is 4.97. The Hall–Kier alpha value is -2.67. The minimum Gasteiger partial charge on any atom is -0.497 e. The molecule has 1 amide bonds. The van der Waals surface area contributed by atoms with E-state index in [9.17, 15) is 4.79 Å². The Balaban J connectivity index is 2.02. The summed E-state index contributed by atoms with van der Waals surface area (Å²) >= 11 is 6.28. The monoisotopic (exact) mass is 401 g/mol. The molecule has 3 aromatic rings. The highest BCUT2D eigenvalue weighted by Crippen LogP contribution is 2.27. The normalized spacial score (nSPS) is 11.7. The summed E-state index contributed by atoms with van der Waals surface area (Å²) in [6.07, 6.45) is 0. The fourth-order valence-electron chi connectivity index (χ4n) is 2.85. The maximum absolute atomic E-state index is 13.1. The van der Waals surface area contributed by atoms with Crippen LogP contribution in [0.3, 0.4) is 0 Å². The minimum atomic E-state index is -0.562. The van der Waals surface area contributed by atoms with Gasteiger partial charge >= 0.3 is 0 Å². The molecule has 0 saturated heterocycles. The second-order valence-corrected chi connectivity index (χ2v) is 8.05. The lowest BCUT2D eigenvalue weighted by Gasteiger charge is -2.28. The van der Waals surface area contributed by atoms with Gasteiger partial charge in [-0.3, -0.25) is 4.79 Å². The summed E-state index contributed by atoms with van der Waals surface area (Å²) in [6, 6.07) is 7.35. The Labute approximate surface area is 169 Å². The van der Waals surface area contributed by atoms with Crippen LogP contribution in [0.15, 0.2) is 24.3 Å². The van der Waals surface area contributed by atoms with Crippen molar-refractivity contribution in [1.29, 1.82) is 0 Å². The van der Waals surface area contributed by atoms with Crippen LogP contribution in [-0.2, 0) is 11.3 Å². The number of halogens is 1. The van der Waals surface area contributed by atoms with Crippen LogP contribution in [0, 0.1) is 19.3 Å². The maximum atomic E-state index is 13.1. The first-order chi connectivity index (χ1) is 13.1. The molecule has 0 bridgehead atoms. The molecule has 1 aromatic carbocycles. The number of nitrogens with zero attached hydrogens (tertiary/aromatic N) is 5. The van der Waals surface area contributed by atoms with Gasteiger partial charge < -0.3 is 9.64 Å². The van der Waals surface area contributed by atoms with E-state index in [1.54, 1.807) is 16.5 Å². The minimum absolute atomic E-state index is 0.0320. The molecule has 0 N–H and O–H groups in total. The number of methoxy groups -OCH3 is 1. The largest absolute Gasteiger partial charge is 0.497 e. The zero-order valence-corrected chi connectivity index (χ0v) is 17.7. The molecular weight excluding hydrogens is 378 g/mol. The zero-order chi connectivity index (χ0) is 20.6. The number of hydrogen-bond acceptors (Lipinski definition) is 5. The molecule has 7 nitrogen and oxygen atoms in total. The van der Waals surface area contributed by atoms with Crippen molar-refractivity contribution in [1.82, 2.24) is 19.6 Å². The van der Waals surface area contributed by atoms with Gasteiger partial charge in [-0.2, -0.15) is 9.50 Å². The van der Waals surface area contributed by atoms with Crippen LogP contribution >= 0.6 is 11.6 Å². The Kier molecular flexibility index (Phi) is 5.30. The number of fused-ring (bicyclic) bond motifs is 1. The number of rotatable bonds is 4. The zero-order valence-electron chi connectivity index (χ0n) is 16.9. The summed E-state index contributed by atoms with van der Waals surface area (Å²) < 4.78 is 6.83. The number of aryl methyl sites for hydroxylation is 2. The molecule has 148 valence electrons. The van der Waals surface area contributed by atoms with Gasteiger partial charge in [-0.1, -0.05) is 32.4 Å². The van der Waals surface area contributed by atoms with E-state index in [1.807, 2.05) is 58.9 Å². The van der Waals surface area contributed by atoms with E-state index in [1.165, 1.54) is 0 Å². The lowest BCUT2D eigenvalue weighted by Crippen LogP contribution is -2.39. The number of hydrogen-bond donors (Lipinski definition) is 0. The number of carbonyl (C=O) groups is 1. The van der Waals surface area contributed by atoms with E-state index in [2.05, 4.69) is 15.1 Å². The van der Waals surface area contributed by atoms with E-state index >= 15 is 0 Å². The molecule has 0 atom stereocenters. The molecule has 0 fully saturated rings. The van der Waals surface area contributed by atoms with Gasteiger partial charge in [0.15, 0.2) is 5.82 Å². The van der Waals surface area contributed by atoms with Crippen LogP contribution in [0.4, 0.5) is 5.69 Å². The maximum Gasteiger partial charge on any atom is 0.253 e. The van der Waals surface area contributed by atoms with Crippen LogP contribution in [-0.4, -0.2) is 32.6 Å². The van der Waals surface area contributed by atoms with Crippen molar-refractivity contribution < 1.29 is 9.53 Å². The van der Waals surface area contributed by atoms with Gasteiger partial charge in [0.25, 0.3) is 5.78 Å². The van der Waals surface area contributed by atoms with Crippen molar-refractivity contribution in [2.24, 2.45) is 5.41 Å². The van der Waals surface area contributed by atoms with Gasteiger partial charge in [0, 0.05) is 11.1 Å². The Morgan fingerprint density at radius 3 is 2.39 bits per heavy atom. The van der Waals surface area contributed by atoms with Crippen molar-refractivity contribution >= 4 is 29.0 Å². The number of aromatic nitrogens is 4.